The van der Waals surface area contributed by atoms with Crippen molar-refractivity contribution in [3.05, 3.63) is 30.1 Å². The van der Waals surface area contributed by atoms with E-state index in [0.717, 1.165) is 19.3 Å². The van der Waals surface area contributed by atoms with Crippen LogP contribution in [0.2, 0.25) is 0 Å². The van der Waals surface area contributed by atoms with Crippen LogP contribution >= 0.6 is 0 Å². The normalized spacial score (nSPS) is 12.2. The van der Waals surface area contributed by atoms with Gasteiger partial charge in [-0.1, -0.05) is 25.5 Å². The molecule has 3 N–H and O–H groups in total. The average molecular weight is 282 g/mol. The quantitative estimate of drug-likeness (QED) is 0.650. The average Bonchev–Trinajstić information content (AvgIpc) is 2.42. The predicted molar refractivity (Wildman–Crippen MR) is 78.0 cm³/mol. The van der Waals surface area contributed by atoms with Gasteiger partial charge >= 0.3 is 0 Å². The van der Waals surface area contributed by atoms with Crippen LogP contribution in [0.1, 0.15) is 26.2 Å². The molecule has 1 aromatic carbocycles. The number of carbonyl (C=O) groups is 1. The summed E-state index contributed by atoms with van der Waals surface area (Å²) in [5.74, 6) is -0.342. The highest BCUT2D eigenvalue weighted by atomic mass is 19.1. The third-order valence-corrected chi connectivity index (χ3v) is 3.10. The highest BCUT2D eigenvalue weighted by Gasteiger charge is 2.09. The molecule has 0 fully saturated rings. The fraction of sp³-hybridized carbons (Fsp3) is 0.533. The molecule has 0 aromatic heterocycles. The Morgan fingerprint density at radius 2 is 2.10 bits per heavy atom. The second-order valence-corrected chi connectivity index (χ2v) is 4.83. The third kappa shape index (κ3) is 6.12. The van der Waals surface area contributed by atoms with Crippen molar-refractivity contribution in [2.24, 2.45) is 5.92 Å². The lowest BCUT2D eigenvalue weighted by Gasteiger charge is -2.15. The Labute approximate surface area is 119 Å². The van der Waals surface area contributed by atoms with Crippen LogP contribution in [0, 0.1) is 11.7 Å². The molecule has 1 unspecified atom stereocenters. The predicted octanol–water partition coefficient (Wildman–Crippen LogP) is 2.15. The second-order valence-electron chi connectivity index (χ2n) is 4.83. The molecular formula is C15H23FN2O2. The summed E-state index contributed by atoms with van der Waals surface area (Å²) in [5.41, 5.74) is 0.194. The van der Waals surface area contributed by atoms with Crippen LogP contribution in [0.25, 0.3) is 0 Å². The van der Waals surface area contributed by atoms with E-state index in [4.69, 9.17) is 5.11 Å². The first kappa shape index (κ1) is 16.6. The molecule has 5 heteroatoms. The number of amides is 1. The van der Waals surface area contributed by atoms with Gasteiger partial charge in [0.1, 0.15) is 5.82 Å². The van der Waals surface area contributed by atoms with Gasteiger partial charge in [-0.25, -0.2) is 4.39 Å². The standard InChI is InChI=1S/C15H23FN2O2/c1-2-5-12(8-9-19)10-17-11-15(20)18-14-7-4-3-6-13(14)16/h3-4,6-7,12,17,19H,2,5,8-11H2,1H3,(H,18,20). The molecule has 0 aliphatic heterocycles. The van der Waals surface area contributed by atoms with Crippen molar-refractivity contribution in [2.45, 2.75) is 26.2 Å². The molecule has 0 spiro atoms. The Balaban J connectivity index is 2.31. The summed E-state index contributed by atoms with van der Waals surface area (Å²) in [6, 6.07) is 6.08. The number of hydrogen-bond acceptors (Lipinski definition) is 3. The lowest BCUT2D eigenvalue weighted by molar-refractivity contribution is -0.115. The van der Waals surface area contributed by atoms with E-state index >= 15 is 0 Å². The summed E-state index contributed by atoms with van der Waals surface area (Å²) in [6.45, 7) is 3.07. The number of carbonyl (C=O) groups excluding carboxylic acids is 1. The van der Waals surface area contributed by atoms with E-state index in [1.54, 1.807) is 12.1 Å². The number of rotatable bonds is 9. The molecule has 0 saturated heterocycles. The van der Waals surface area contributed by atoms with Gasteiger partial charge in [0.25, 0.3) is 0 Å². The number of halogens is 1. The number of aliphatic hydroxyl groups is 1. The minimum atomic E-state index is -0.440. The summed E-state index contributed by atoms with van der Waals surface area (Å²) in [5, 5.41) is 14.5. The molecular weight excluding hydrogens is 259 g/mol. The molecule has 112 valence electrons. The van der Waals surface area contributed by atoms with E-state index in [-0.39, 0.29) is 24.7 Å². The van der Waals surface area contributed by atoms with Gasteiger partial charge in [-0.3, -0.25) is 4.79 Å². The van der Waals surface area contributed by atoms with Crippen molar-refractivity contribution in [1.82, 2.24) is 5.32 Å². The second kappa shape index (κ2) is 9.44. The molecule has 1 rings (SSSR count). The maximum atomic E-state index is 13.3. The topological polar surface area (TPSA) is 61.4 Å². The summed E-state index contributed by atoms with van der Waals surface area (Å²) >= 11 is 0. The molecule has 0 bridgehead atoms. The molecule has 20 heavy (non-hydrogen) atoms. The van der Waals surface area contributed by atoms with Crippen molar-refractivity contribution in [2.75, 3.05) is 25.0 Å². The Hall–Kier alpha value is -1.46. The van der Waals surface area contributed by atoms with Gasteiger partial charge in [-0.05, 0) is 37.4 Å². The van der Waals surface area contributed by atoms with Crippen LogP contribution in [0.4, 0.5) is 10.1 Å². The summed E-state index contributed by atoms with van der Waals surface area (Å²) in [6.07, 6.45) is 2.80. The number of anilines is 1. The fourth-order valence-electron chi connectivity index (χ4n) is 2.09. The zero-order chi connectivity index (χ0) is 14.8. The first-order chi connectivity index (χ1) is 9.67. The minimum absolute atomic E-state index is 0.139. The Morgan fingerprint density at radius 3 is 2.75 bits per heavy atom. The summed E-state index contributed by atoms with van der Waals surface area (Å²) < 4.78 is 13.3. The molecule has 1 amide bonds. The van der Waals surface area contributed by atoms with Gasteiger partial charge in [0, 0.05) is 6.61 Å². The van der Waals surface area contributed by atoms with Gasteiger partial charge in [-0.2, -0.15) is 0 Å². The van der Waals surface area contributed by atoms with Crippen molar-refractivity contribution >= 4 is 11.6 Å². The van der Waals surface area contributed by atoms with Crippen LogP contribution in [-0.2, 0) is 4.79 Å². The van der Waals surface area contributed by atoms with E-state index in [1.165, 1.54) is 12.1 Å². The molecule has 0 saturated carbocycles. The molecule has 0 heterocycles. The van der Waals surface area contributed by atoms with Crippen LogP contribution in [-0.4, -0.2) is 30.7 Å². The highest BCUT2D eigenvalue weighted by Crippen LogP contribution is 2.12. The van der Waals surface area contributed by atoms with Crippen molar-refractivity contribution < 1.29 is 14.3 Å². The highest BCUT2D eigenvalue weighted by molar-refractivity contribution is 5.92. The van der Waals surface area contributed by atoms with Crippen LogP contribution in [0.3, 0.4) is 0 Å². The number of aliphatic hydroxyl groups excluding tert-OH is 1. The molecule has 1 aromatic rings. The van der Waals surface area contributed by atoms with Crippen molar-refractivity contribution in [3.8, 4) is 0 Å². The first-order valence-electron chi connectivity index (χ1n) is 7.03. The Kier molecular flexibility index (Phi) is 7.84. The van der Waals surface area contributed by atoms with Gasteiger partial charge in [0.05, 0.1) is 12.2 Å². The zero-order valence-electron chi connectivity index (χ0n) is 11.9. The van der Waals surface area contributed by atoms with Crippen LogP contribution in [0.15, 0.2) is 24.3 Å². The van der Waals surface area contributed by atoms with Crippen molar-refractivity contribution in [1.29, 1.82) is 0 Å². The summed E-state index contributed by atoms with van der Waals surface area (Å²) in [4.78, 5) is 11.7. The SMILES string of the molecule is CCCC(CCO)CNCC(=O)Nc1ccccc1F. The zero-order valence-corrected chi connectivity index (χ0v) is 11.9. The maximum Gasteiger partial charge on any atom is 0.238 e. The fourth-order valence-corrected chi connectivity index (χ4v) is 2.09. The van der Waals surface area contributed by atoms with E-state index in [9.17, 15) is 9.18 Å². The lowest BCUT2D eigenvalue weighted by atomic mass is 10.0. The van der Waals surface area contributed by atoms with Gasteiger partial charge in [0.15, 0.2) is 0 Å². The van der Waals surface area contributed by atoms with Gasteiger partial charge in [0.2, 0.25) is 5.91 Å². The number of benzene rings is 1. The molecule has 4 nitrogen and oxygen atoms in total. The Morgan fingerprint density at radius 1 is 1.35 bits per heavy atom. The van der Waals surface area contributed by atoms with E-state index in [1.807, 2.05) is 0 Å². The third-order valence-electron chi connectivity index (χ3n) is 3.10. The largest absolute Gasteiger partial charge is 0.396 e. The Bertz CT molecular complexity index is 407. The lowest BCUT2D eigenvalue weighted by Crippen LogP contribution is -2.32. The summed E-state index contributed by atoms with van der Waals surface area (Å²) in [7, 11) is 0. The molecule has 1 atom stereocenters. The first-order valence-corrected chi connectivity index (χ1v) is 7.03. The monoisotopic (exact) mass is 282 g/mol. The van der Waals surface area contributed by atoms with Crippen LogP contribution in [0.5, 0.6) is 0 Å². The van der Waals surface area contributed by atoms with Crippen molar-refractivity contribution in [3.63, 3.8) is 0 Å². The maximum absolute atomic E-state index is 13.3. The molecule has 0 aliphatic rings. The van der Waals surface area contributed by atoms with E-state index in [2.05, 4.69) is 17.6 Å². The van der Waals surface area contributed by atoms with E-state index in [0.29, 0.717) is 12.5 Å². The van der Waals surface area contributed by atoms with Crippen LogP contribution < -0.4 is 10.6 Å². The van der Waals surface area contributed by atoms with E-state index < -0.39 is 5.82 Å². The van der Waals surface area contributed by atoms with Gasteiger partial charge < -0.3 is 15.7 Å². The number of nitrogens with one attached hydrogen (secondary N) is 2. The molecule has 0 radical (unpaired) electrons. The molecule has 0 aliphatic carbocycles. The minimum Gasteiger partial charge on any atom is -0.396 e. The number of para-hydroxylation sites is 1. The smallest absolute Gasteiger partial charge is 0.238 e. The van der Waals surface area contributed by atoms with Gasteiger partial charge in [-0.15, -0.1) is 0 Å². The number of hydrogen-bond donors (Lipinski definition) is 3.